The van der Waals surface area contributed by atoms with Crippen molar-refractivity contribution in [2.24, 2.45) is 0 Å². The molecule has 0 spiro atoms. The molecule has 0 saturated carbocycles. The van der Waals surface area contributed by atoms with Gasteiger partial charge in [0.05, 0.1) is 24.7 Å². The summed E-state index contributed by atoms with van der Waals surface area (Å²) in [6.07, 6.45) is 0. The summed E-state index contributed by atoms with van der Waals surface area (Å²) in [7, 11) is 0. The molecule has 106 valence electrons. The van der Waals surface area contributed by atoms with Gasteiger partial charge >= 0.3 is 5.70 Å². The highest BCUT2D eigenvalue weighted by molar-refractivity contribution is 6.40. The van der Waals surface area contributed by atoms with Crippen LogP contribution in [0, 0.1) is 10.1 Å². The van der Waals surface area contributed by atoms with Crippen LogP contribution in [0.25, 0.3) is 0 Å². The fourth-order valence-electron chi connectivity index (χ4n) is 1.78. The summed E-state index contributed by atoms with van der Waals surface area (Å²) >= 11 is 12.2. The summed E-state index contributed by atoms with van der Waals surface area (Å²) in [5.74, 6) is 0.0569. The zero-order valence-electron chi connectivity index (χ0n) is 10.0. The van der Waals surface area contributed by atoms with Crippen molar-refractivity contribution in [3.63, 3.8) is 0 Å². The molecule has 2 heterocycles. The van der Waals surface area contributed by atoms with Gasteiger partial charge in [0.2, 0.25) is 0 Å². The van der Waals surface area contributed by atoms with Crippen LogP contribution in [-0.2, 0) is 9.47 Å². The van der Waals surface area contributed by atoms with Crippen LogP contribution in [0.3, 0.4) is 0 Å². The van der Waals surface area contributed by atoms with Crippen LogP contribution in [0.2, 0.25) is 0 Å². The summed E-state index contributed by atoms with van der Waals surface area (Å²) in [5, 5.41) is 13.9. The van der Waals surface area contributed by atoms with E-state index in [-0.39, 0.29) is 21.8 Å². The van der Waals surface area contributed by atoms with Crippen molar-refractivity contribution in [3.05, 3.63) is 31.9 Å². The largest absolute Gasteiger partial charge is 0.472 e. The van der Waals surface area contributed by atoms with Crippen molar-refractivity contribution in [1.82, 2.24) is 10.2 Å². The van der Waals surface area contributed by atoms with Crippen molar-refractivity contribution in [2.45, 2.75) is 0 Å². The molecule has 19 heavy (non-hydrogen) atoms. The molecular formula is C10H13Cl2N3O4. The molecule has 0 atom stereocenters. The van der Waals surface area contributed by atoms with Gasteiger partial charge in [0.25, 0.3) is 5.88 Å². The van der Waals surface area contributed by atoms with E-state index in [1.165, 1.54) is 0 Å². The fourth-order valence-corrected chi connectivity index (χ4v) is 2.31. The zero-order chi connectivity index (χ0) is 13.8. The summed E-state index contributed by atoms with van der Waals surface area (Å²) < 4.78 is 10.3. The minimum atomic E-state index is -0.598. The molecule has 9 heteroatoms. The van der Waals surface area contributed by atoms with E-state index < -0.39 is 4.92 Å². The maximum atomic E-state index is 11.1. The molecule has 0 bridgehead atoms. The number of allylic oxidation sites excluding steroid dienone is 1. The Hall–Kier alpha value is -1.18. The Balaban J connectivity index is 2.29. The number of nitrogens with one attached hydrogen (secondary N) is 1. The number of rotatable bonds is 3. The van der Waals surface area contributed by atoms with Gasteiger partial charge in [-0.3, -0.25) is 10.1 Å². The lowest BCUT2D eigenvalue weighted by Crippen LogP contribution is -2.35. The van der Waals surface area contributed by atoms with Gasteiger partial charge in [0.1, 0.15) is 11.8 Å². The Kier molecular flexibility index (Phi) is 4.73. The number of nitrogens with zero attached hydrogens (tertiary/aromatic N) is 2. The van der Waals surface area contributed by atoms with E-state index in [4.69, 9.17) is 32.7 Å². The Morgan fingerprint density at radius 1 is 1.32 bits per heavy atom. The lowest BCUT2D eigenvalue weighted by Gasteiger charge is -2.28. The first-order chi connectivity index (χ1) is 9.11. The number of nitro groups is 1. The first-order valence-electron chi connectivity index (χ1n) is 5.75. The molecule has 0 aromatic carbocycles. The normalized spacial score (nSPS) is 23.4. The molecule has 2 aliphatic heterocycles. The molecular weight excluding hydrogens is 297 g/mol. The molecule has 0 radical (unpaired) electrons. The van der Waals surface area contributed by atoms with Gasteiger partial charge in [-0.15, -0.1) is 0 Å². The first-order valence-corrected chi connectivity index (χ1v) is 6.50. The third kappa shape index (κ3) is 3.23. The highest BCUT2D eigenvalue weighted by Gasteiger charge is 2.31. The summed E-state index contributed by atoms with van der Waals surface area (Å²) in [5.41, 5.74) is -0.337. The van der Waals surface area contributed by atoms with E-state index >= 15 is 0 Å². The fraction of sp³-hybridized carbons (Fsp3) is 0.600. The van der Waals surface area contributed by atoms with Crippen molar-refractivity contribution < 1.29 is 14.4 Å². The third-order valence-electron chi connectivity index (χ3n) is 2.71. The molecule has 2 aliphatic rings. The minimum Gasteiger partial charge on any atom is -0.472 e. The second-order valence-electron chi connectivity index (χ2n) is 3.91. The molecule has 2 saturated heterocycles. The molecule has 0 amide bonds. The van der Waals surface area contributed by atoms with E-state index in [0.29, 0.717) is 39.5 Å². The third-order valence-corrected chi connectivity index (χ3v) is 3.59. The topological polar surface area (TPSA) is 76.9 Å². The Bertz CT molecular complexity index is 424. The van der Waals surface area contributed by atoms with E-state index in [1.54, 1.807) is 4.90 Å². The van der Waals surface area contributed by atoms with Crippen LogP contribution in [0.15, 0.2) is 21.8 Å². The number of halogens is 2. The molecule has 0 aromatic heterocycles. The van der Waals surface area contributed by atoms with Crippen LogP contribution in [0.1, 0.15) is 0 Å². The molecule has 2 rings (SSSR count). The summed E-state index contributed by atoms with van der Waals surface area (Å²) in [4.78, 5) is 12.3. The lowest BCUT2D eigenvalue weighted by atomic mass is 10.4. The van der Waals surface area contributed by atoms with E-state index in [9.17, 15) is 10.1 Å². The lowest BCUT2D eigenvalue weighted by molar-refractivity contribution is -0.423. The van der Waals surface area contributed by atoms with Crippen LogP contribution in [-0.4, -0.2) is 49.3 Å². The van der Waals surface area contributed by atoms with Gasteiger partial charge in [0, 0.05) is 13.1 Å². The van der Waals surface area contributed by atoms with Crippen LogP contribution >= 0.6 is 23.2 Å². The number of hydrogen-bond acceptors (Lipinski definition) is 6. The maximum Gasteiger partial charge on any atom is 0.349 e. The quantitative estimate of drug-likeness (QED) is 0.477. The second-order valence-corrected chi connectivity index (χ2v) is 4.65. The van der Waals surface area contributed by atoms with Crippen LogP contribution < -0.4 is 5.32 Å². The molecule has 7 nitrogen and oxygen atoms in total. The van der Waals surface area contributed by atoms with Gasteiger partial charge in [-0.05, 0) is 0 Å². The van der Waals surface area contributed by atoms with E-state index in [0.717, 1.165) is 0 Å². The molecule has 2 fully saturated rings. The number of hydrogen-bond donors (Lipinski definition) is 1. The Morgan fingerprint density at radius 3 is 2.53 bits per heavy atom. The predicted molar refractivity (Wildman–Crippen MR) is 69.1 cm³/mol. The molecule has 0 aliphatic carbocycles. The average Bonchev–Trinajstić information content (AvgIpc) is 2.92. The smallest absolute Gasteiger partial charge is 0.349 e. The van der Waals surface area contributed by atoms with Crippen LogP contribution in [0.4, 0.5) is 0 Å². The summed E-state index contributed by atoms with van der Waals surface area (Å²) in [6.45, 7) is 2.99. The monoisotopic (exact) mass is 309 g/mol. The summed E-state index contributed by atoms with van der Waals surface area (Å²) in [6, 6.07) is 0. The number of ether oxygens (including phenoxy) is 2. The molecule has 0 unspecified atom stereocenters. The molecule has 0 aromatic rings. The minimum absolute atomic E-state index is 0.0569. The van der Waals surface area contributed by atoms with Crippen molar-refractivity contribution in [1.29, 1.82) is 0 Å². The maximum absolute atomic E-state index is 11.1. The van der Waals surface area contributed by atoms with Crippen LogP contribution in [0.5, 0.6) is 0 Å². The predicted octanol–water partition coefficient (Wildman–Crippen LogP) is 1.03. The van der Waals surface area contributed by atoms with Gasteiger partial charge in [0.15, 0.2) is 5.03 Å². The SMILES string of the molecule is O=[N+]([O-])C(=C1NCCO1)C(Cl)=C(Cl)N1CCOCC1. The number of morpholine rings is 1. The van der Waals surface area contributed by atoms with Gasteiger partial charge in [-0.25, -0.2) is 0 Å². The van der Waals surface area contributed by atoms with Gasteiger partial charge < -0.3 is 19.7 Å². The first kappa shape index (κ1) is 14.2. The van der Waals surface area contributed by atoms with Crippen molar-refractivity contribution in [2.75, 3.05) is 39.5 Å². The van der Waals surface area contributed by atoms with Gasteiger partial charge in [-0.2, -0.15) is 0 Å². The van der Waals surface area contributed by atoms with E-state index in [2.05, 4.69) is 5.32 Å². The highest BCUT2D eigenvalue weighted by atomic mass is 35.5. The standard InChI is InChI=1S/C10H13Cl2N3O4/c11-7(9(12)14-2-5-18-6-3-14)8(15(16)17)10-13-1-4-19-10/h13H,1-6H2. The molecule has 1 N–H and O–H groups in total. The second kappa shape index (κ2) is 6.31. The average molecular weight is 310 g/mol. The zero-order valence-corrected chi connectivity index (χ0v) is 11.5. The Labute approximate surface area is 119 Å². The highest BCUT2D eigenvalue weighted by Crippen LogP contribution is 2.28. The Morgan fingerprint density at radius 2 is 2.00 bits per heavy atom. The van der Waals surface area contributed by atoms with Gasteiger partial charge in [-0.1, -0.05) is 23.2 Å². The van der Waals surface area contributed by atoms with Crippen molar-refractivity contribution in [3.8, 4) is 0 Å². The van der Waals surface area contributed by atoms with Crippen molar-refractivity contribution >= 4 is 23.2 Å². The van der Waals surface area contributed by atoms with E-state index in [1.807, 2.05) is 0 Å².